The third-order valence-corrected chi connectivity index (χ3v) is 3.05. The Kier molecular flexibility index (Phi) is 3.93. The van der Waals surface area contributed by atoms with Gasteiger partial charge in [-0.05, 0) is 19.9 Å². The first-order chi connectivity index (χ1) is 7.82. The van der Waals surface area contributed by atoms with E-state index in [-0.39, 0.29) is 6.04 Å². The molecule has 1 aromatic rings. The number of carbonyl (C=O) groups excluding carboxylic acids is 1. The van der Waals surface area contributed by atoms with Crippen LogP contribution in [0.3, 0.4) is 0 Å². The number of hydrogen-bond donors (Lipinski definition) is 1. The SMILES string of the molecule is COC(=O)C(N)C(C)(C)c1ccnn1C(C)C. The summed E-state index contributed by atoms with van der Waals surface area (Å²) in [6.07, 6.45) is 1.72. The number of rotatable bonds is 4. The minimum absolute atomic E-state index is 0.226. The molecule has 5 heteroatoms. The first kappa shape index (κ1) is 13.7. The maximum atomic E-state index is 11.6. The van der Waals surface area contributed by atoms with E-state index in [1.807, 2.05) is 38.4 Å². The van der Waals surface area contributed by atoms with Crippen molar-refractivity contribution in [3.8, 4) is 0 Å². The largest absolute Gasteiger partial charge is 0.468 e. The highest BCUT2D eigenvalue weighted by molar-refractivity contribution is 5.77. The monoisotopic (exact) mass is 239 g/mol. The van der Waals surface area contributed by atoms with E-state index in [1.54, 1.807) is 6.20 Å². The lowest BCUT2D eigenvalue weighted by atomic mass is 9.81. The summed E-state index contributed by atoms with van der Waals surface area (Å²) in [4.78, 5) is 11.6. The molecule has 1 atom stereocenters. The van der Waals surface area contributed by atoms with Crippen molar-refractivity contribution < 1.29 is 9.53 Å². The number of aromatic nitrogens is 2. The summed E-state index contributed by atoms with van der Waals surface area (Å²) in [7, 11) is 1.35. The Bertz CT molecular complexity index is 396. The van der Waals surface area contributed by atoms with Crippen molar-refractivity contribution in [3.63, 3.8) is 0 Å². The van der Waals surface area contributed by atoms with Crippen molar-refractivity contribution in [1.29, 1.82) is 0 Å². The molecule has 0 fully saturated rings. The number of nitrogens with zero attached hydrogens (tertiary/aromatic N) is 2. The van der Waals surface area contributed by atoms with Crippen LogP contribution in [0.4, 0.5) is 0 Å². The van der Waals surface area contributed by atoms with E-state index in [1.165, 1.54) is 7.11 Å². The highest BCUT2D eigenvalue weighted by atomic mass is 16.5. The van der Waals surface area contributed by atoms with Crippen LogP contribution in [0, 0.1) is 0 Å². The number of methoxy groups -OCH3 is 1. The van der Waals surface area contributed by atoms with Crippen molar-refractivity contribution in [2.75, 3.05) is 7.11 Å². The van der Waals surface area contributed by atoms with E-state index >= 15 is 0 Å². The van der Waals surface area contributed by atoms with E-state index in [0.29, 0.717) is 0 Å². The Morgan fingerprint density at radius 2 is 2.12 bits per heavy atom. The van der Waals surface area contributed by atoms with Crippen LogP contribution in [0.1, 0.15) is 39.4 Å². The zero-order chi connectivity index (χ0) is 13.2. The molecule has 0 saturated heterocycles. The van der Waals surface area contributed by atoms with Gasteiger partial charge in [-0.15, -0.1) is 0 Å². The normalized spacial score (nSPS) is 13.8. The quantitative estimate of drug-likeness (QED) is 0.803. The van der Waals surface area contributed by atoms with Gasteiger partial charge < -0.3 is 10.5 Å². The van der Waals surface area contributed by atoms with Crippen LogP contribution < -0.4 is 5.73 Å². The van der Waals surface area contributed by atoms with Crippen molar-refractivity contribution in [3.05, 3.63) is 18.0 Å². The second-order valence-corrected chi connectivity index (χ2v) is 4.98. The number of carbonyl (C=O) groups is 1. The van der Waals surface area contributed by atoms with Gasteiger partial charge in [0.05, 0.1) is 7.11 Å². The second kappa shape index (κ2) is 4.87. The Morgan fingerprint density at radius 1 is 1.53 bits per heavy atom. The van der Waals surface area contributed by atoms with Crippen LogP contribution in [-0.4, -0.2) is 28.9 Å². The average molecular weight is 239 g/mol. The predicted molar refractivity (Wildman–Crippen MR) is 65.6 cm³/mol. The molecule has 0 bridgehead atoms. The Balaban J connectivity index is 3.12. The van der Waals surface area contributed by atoms with Gasteiger partial charge in [0, 0.05) is 23.3 Å². The molecule has 0 saturated carbocycles. The van der Waals surface area contributed by atoms with Crippen molar-refractivity contribution in [1.82, 2.24) is 9.78 Å². The highest BCUT2D eigenvalue weighted by Gasteiger charge is 2.37. The molecule has 0 aliphatic heterocycles. The predicted octanol–water partition coefficient (Wildman–Crippen LogP) is 1.24. The molecule has 0 amide bonds. The third kappa shape index (κ3) is 2.49. The van der Waals surface area contributed by atoms with Crippen molar-refractivity contribution >= 4 is 5.97 Å². The fourth-order valence-electron chi connectivity index (χ4n) is 1.82. The summed E-state index contributed by atoms with van der Waals surface area (Å²) in [6.45, 7) is 7.92. The molecule has 2 N–H and O–H groups in total. The Morgan fingerprint density at radius 3 is 2.59 bits per heavy atom. The third-order valence-electron chi connectivity index (χ3n) is 3.05. The van der Waals surface area contributed by atoms with Gasteiger partial charge >= 0.3 is 5.97 Å². The van der Waals surface area contributed by atoms with Gasteiger partial charge in [-0.1, -0.05) is 13.8 Å². The van der Waals surface area contributed by atoms with Gasteiger partial charge in [-0.2, -0.15) is 5.10 Å². The number of ether oxygens (including phenoxy) is 1. The van der Waals surface area contributed by atoms with E-state index in [4.69, 9.17) is 10.5 Å². The molecular formula is C12H21N3O2. The molecule has 0 spiro atoms. The summed E-state index contributed by atoms with van der Waals surface area (Å²) in [5.74, 6) is -0.411. The molecule has 0 aromatic carbocycles. The minimum Gasteiger partial charge on any atom is -0.468 e. The van der Waals surface area contributed by atoms with Gasteiger partial charge in [0.25, 0.3) is 0 Å². The maximum absolute atomic E-state index is 11.6. The lowest BCUT2D eigenvalue weighted by molar-refractivity contribution is -0.143. The van der Waals surface area contributed by atoms with E-state index < -0.39 is 17.4 Å². The Hall–Kier alpha value is -1.36. The van der Waals surface area contributed by atoms with Crippen LogP contribution in [-0.2, 0) is 14.9 Å². The standard InChI is InChI=1S/C12H21N3O2/c1-8(2)15-9(6-7-14-15)12(3,4)10(13)11(16)17-5/h6-8,10H,13H2,1-5H3. The maximum Gasteiger partial charge on any atom is 0.323 e. The molecule has 0 aliphatic rings. The molecule has 1 unspecified atom stereocenters. The van der Waals surface area contributed by atoms with Crippen LogP contribution in [0.2, 0.25) is 0 Å². The van der Waals surface area contributed by atoms with Crippen molar-refractivity contribution in [2.24, 2.45) is 5.73 Å². The zero-order valence-electron chi connectivity index (χ0n) is 11.1. The van der Waals surface area contributed by atoms with Gasteiger partial charge in [0.2, 0.25) is 0 Å². The molecular weight excluding hydrogens is 218 g/mol. The van der Waals surface area contributed by atoms with Crippen LogP contribution in [0.5, 0.6) is 0 Å². The molecule has 5 nitrogen and oxygen atoms in total. The molecule has 0 radical (unpaired) electrons. The zero-order valence-corrected chi connectivity index (χ0v) is 11.1. The molecule has 1 rings (SSSR count). The van der Waals surface area contributed by atoms with E-state index in [0.717, 1.165) is 5.69 Å². The summed E-state index contributed by atoms with van der Waals surface area (Å²) in [6, 6.07) is 1.41. The lowest BCUT2D eigenvalue weighted by Gasteiger charge is -2.31. The van der Waals surface area contributed by atoms with Gasteiger partial charge in [-0.3, -0.25) is 9.48 Å². The molecule has 96 valence electrons. The van der Waals surface area contributed by atoms with Gasteiger partial charge in [-0.25, -0.2) is 0 Å². The van der Waals surface area contributed by atoms with Gasteiger partial charge in [0.1, 0.15) is 6.04 Å². The summed E-state index contributed by atoms with van der Waals surface area (Å²) in [5.41, 5.74) is 6.37. The number of hydrogen-bond acceptors (Lipinski definition) is 4. The number of nitrogens with two attached hydrogens (primary N) is 1. The lowest BCUT2D eigenvalue weighted by Crippen LogP contribution is -2.48. The molecule has 1 aromatic heterocycles. The molecule has 17 heavy (non-hydrogen) atoms. The first-order valence-electron chi connectivity index (χ1n) is 5.69. The van der Waals surface area contributed by atoms with Crippen LogP contribution in [0.25, 0.3) is 0 Å². The minimum atomic E-state index is -0.707. The second-order valence-electron chi connectivity index (χ2n) is 4.98. The smallest absolute Gasteiger partial charge is 0.323 e. The number of esters is 1. The van der Waals surface area contributed by atoms with Crippen LogP contribution >= 0.6 is 0 Å². The average Bonchev–Trinajstić information content (AvgIpc) is 2.76. The Labute approximate surface area is 102 Å². The molecule has 1 heterocycles. The highest BCUT2D eigenvalue weighted by Crippen LogP contribution is 2.28. The van der Waals surface area contributed by atoms with E-state index in [2.05, 4.69) is 5.10 Å². The fraction of sp³-hybridized carbons (Fsp3) is 0.667. The summed E-state index contributed by atoms with van der Waals surface area (Å²) < 4.78 is 6.58. The van der Waals surface area contributed by atoms with Crippen LogP contribution in [0.15, 0.2) is 12.3 Å². The fourth-order valence-corrected chi connectivity index (χ4v) is 1.82. The molecule has 0 aliphatic carbocycles. The van der Waals surface area contributed by atoms with E-state index in [9.17, 15) is 4.79 Å². The van der Waals surface area contributed by atoms with Gasteiger partial charge in [0.15, 0.2) is 0 Å². The van der Waals surface area contributed by atoms with Crippen molar-refractivity contribution in [2.45, 2.75) is 45.2 Å². The topological polar surface area (TPSA) is 70.1 Å². The first-order valence-corrected chi connectivity index (χ1v) is 5.69. The summed E-state index contributed by atoms with van der Waals surface area (Å²) >= 11 is 0. The summed E-state index contributed by atoms with van der Waals surface area (Å²) in [5, 5.41) is 4.26.